The Hall–Kier alpha value is -1.09. The van der Waals surface area contributed by atoms with Crippen LogP contribution in [-0.2, 0) is 0 Å². The van der Waals surface area contributed by atoms with Crippen molar-refractivity contribution >= 4 is 0 Å². The third kappa shape index (κ3) is 7.47. The van der Waals surface area contributed by atoms with Crippen LogP contribution in [0, 0.1) is 0 Å². The van der Waals surface area contributed by atoms with E-state index in [9.17, 15) is 0 Å². The summed E-state index contributed by atoms with van der Waals surface area (Å²) in [5.41, 5.74) is 1.10. The van der Waals surface area contributed by atoms with Crippen molar-refractivity contribution in [3.63, 3.8) is 0 Å². The minimum atomic E-state index is 0.350. The second-order valence-corrected chi connectivity index (χ2v) is 5.55. The second kappa shape index (κ2) is 11.6. The monoisotopic (exact) mass is 292 g/mol. The highest BCUT2D eigenvalue weighted by atomic mass is 16.5. The molecule has 0 amide bonds. The van der Waals surface area contributed by atoms with Gasteiger partial charge in [0.25, 0.3) is 0 Å². The highest BCUT2D eigenvalue weighted by molar-refractivity contribution is 5.21. The SMILES string of the molecule is CCCCCCCCOc1ccc(C(CC)NCC)nc1. The van der Waals surface area contributed by atoms with E-state index >= 15 is 0 Å². The van der Waals surface area contributed by atoms with Gasteiger partial charge in [0.05, 0.1) is 18.5 Å². The second-order valence-electron chi connectivity index (χ2n) is 5.55. The smallest absolute Gasteiger partial charge is 0.137 e. The molecule has 0 bridgehead atoms. The molecule has 1 N–H and O–H groups in total. The van der Waals surface area contributed by atoms with Gasteiger partial charge >= 0.3 is 0 Å². The molecule has 1 aromatic heterocycles. The molecule has 3 nitrogen and oxygen atoms in total. The van der Waals surface area contributed by atoms with Gasteiger partial charge < -0.3 is 10.1 Å². The fraction of sp³-hybridized carbons (Fsp3) is 0.722. The zero-order chi connectivity index (χ0) is 15.3. The molecule has 0 saturated heterocycles. The third-order valence-corrected chi connectivity index (χ3v) is 3.74. The van der Waals surface area contributed by atoms with E-state index in [-0.39, 0.29) is 0 Å². The van der Waals surface area contributed by atoms with Crippen LogP contribution in [0.5, 0.6) is 5.75 Å². The molecule has 120 valence electrons. The maximum absolute atomic E-state index is 5.76. The van der Waals surface area contributed by atoms with Gasteiger partial charge in [0.1, 0.15) is 5.75 Å². The Labute approximate surface area is 130 Å². The van der Waals surface area contributed by atoms with E-state index in [0.717, 1.165) is 37.4 Å². The Morgan fingerprint density at radius 3 is 2.43 bits per heavy atom. The summed E-state index contributed by atoms with van der Waals surface area (Å²) in [6, 6.07) is 4.47. The highest BCUT2D eigenvalue weighted by Gasteiger charge is 2.08. The number of pyridine rings is 1. The van der Waals surface area contributed by atoms with Crippen molar-refractivity contribution in [2.75, 3.05) is 13.2 Å². The molecule has 3 heteroatoms. The predicted octanol–water partition coefficient (Wildman–Crippen LogP) is 4.88. The molecular weight excluding hydrogens is 260 g/mol. The zero-order valence-electron chi connectivity index (χ0n) is 14.0. The number of nitrogens with zero attached hydrogens (tertiary/aromatic N) is 1. The molecular formula is C18H32N2O. The standard InChI is InChI=1S/C18H32N2O/c1-4-7-8-9-10-11-14-21-16-12-13-18(20-15-16)17(5-2)19-6-3/h12-13,15,17,19H,4-11,14H2,1-3H3. The summed E-state index contributed by atoms with van der Waals surface area (Å²) in [6.07, 6.45) is 10.7. The van der Waals surface area contributed by atoms with Gasteiger partial charge in [-0.05, 0) is 31.5 Å². The summed E-state index contributed by atoms with van der Waals surface area (Å²) < 4.78 is 5.76. The summed E-state index contributed by atoms with van der Waals surface area (Å²) in [4.78, 5) is 4.52. The largest absolute Gasteiger partial charge is 0.492 e. The van der Waals surface area contributed by atoms with Crippen LogP contribution in [0.25, 0.3) is 0 Å². The first-order chi connectivity index (χ1) is 10.3. The first-order valence-corrected chi connectivity index (χ1v) is 8.63. The van der Waals surface area contributed by atoms with Gasteiger partial charge in [-0.25, -0.2) is 0 Å². The van der Waals surface area contributed by atoms with E-state index in [1.807, 2.05) is 12.3 Å². The van der Waals surface area contributed by atoms with E-state index < -0.39 is 0 Å². The van der Waals surface area contributed by atoms with E-state index in [0.29, 0.717) is 6.04 Å². The Morgan fingerprint density at radius 1 is 1.05 bits per heavy atom. The number of unbranched alkanes of at least 4 members (excludes halogenated alkanes) is 5. The van der Waals surface area contributed by atoms with Crippen LogP contribution in [0.4, 0.5) is 0 Å². The van der Waals surface area contributed by atoms with Gasteiger partial charge in [0.2, 0.25) is 0 Å². The fourth-order valence-corrected chi connectivity index (χ4v) is 2.46. The van der Waals surface area contributed by atoms with Crippen molar-refractivity contribution in [2.24, 2.45) is 0 Å². The molecule has 1 heterocycles. The summed E-state index contributed by atoms with van der Waals surface area (Å²) in [5, 5.41) is 3.44. The molecule has 0 aliphatic carbocycles. The minimum absolute atomic E-state index is 0.350. The van der Waals surface area contributed by atoms with Crippen molar-refractivity contribution in [1.82, 2.24) is 10.3 Å². The highest BCUT2D eigenvalue weighted by Crippen LogP contribution is 2.17. The molecule has 1 atom stereocenters. The number of hydrogen-bond acceptors (Lipinski definition) is 3. The van der Waals surface area contributed by atoms with E-state index in [2.05, 4.69) is 37.1 Å². The fourth-order valence-electron chi connectivity index (χ4n) is 2.46. The quantitative estimate of drug-likeness (QED) is 0.557. The molecule has 1 unspecified atom stereocenters. The first-order valence-electron chi connectivity index (χ1n) is 8.63. The average Bonchev–Trinajstić information content (AvgIpc) is 2.52. The molecule has 0 fully saturated rings. The first kappa shape index (κ1) is 18.0. The van der Waals surface area contributed by atoms with E-state index in [4.69, 9.17) is 4.74 Å². The van der Waals surface area contributed by atoms with Crippen LogP contribution in [0.15, 0.2) is 18.3 Å². The summed E-state index contributed by atoms with van der Waals surface area (Å²) in [6.45, 7) is 8.32. The maximum Gasteiger partial charge on any atom is 0.137 e. The van der Waals surface area contributed by atoms with Crippen LogP contribution >= 0.6 is 0 Å². The number of aromatic nitrogens is 1. The van der Waals surface area contributed by atoms with Gasteiger partial charge in [0.15, 0.2) is 0 Å². The Bertz CT molecular complexity index is 351. The lowest BCUT2D eigenvalue weighted by Gasteiger charge is -2.15. The molecule has 0 aliphatic heterocycles. The van der Waals surface area contributed by atoms with Crippen molar-refractivity contribution in [3.8, 4) is 5.75 Å². The van der Waals surface area contributed by atoms with Crippen LogP contribution in [0.1, 0.15) is 77.5 Å². The molecule has 0 aromatic carbocycles. The Balaban J connectivity index is 2.24. The molecule has 1 aromatic rings. The zero-order valence-corrected chi connectivity index (χ0v) is 14.0. The molecule has 0 aliphatic rings. The van der Waals surface area contributed by atoms with E-state index in [1.54, 1.807) is 0 Å². The topological polar surface area (TPSA) is 34.1 Å². The van der Waals surface area contributed by atoms with E-state index in [1.165, 1.54) is 32.1 Å². The van der Waals surface area contributed by atoms with Crippen LogP contribution in [0.3, 0.4) is 0 Å². The Kier molecular flexibility index (Phi) is 9.88. The van der Waals surface area contributed by atoms with Gasteiger partial charge in [-0.1, -0.05) is 52.9 Å². The lowest BCUT2D eigenvalue weighted by molar-refractivity contribution is 0.303. The molecule has 0 radical (unpaired) electrons. The van der Waals surface area contributed by atoms with Gasteiger partial charge in [0, 0.05) is 6.04 Å². The van der Waals surface area contributed by atoms with Crippen molar-refractivity contribution in [1.29, 1.82) is 0 Å². The normalized spacial score (nSPS) is 12.3. The number of hydrogen-bond donors (Lipinski definition) is 1. The minimum Gasteiger partial charge on any atom is -0.492 e. The Morgan fingerprint density at radius 2 is 1.81 bits per heavy atom. The summed E-state index contributed by atoms with van der Waals surface area (Å²) >= 11 is 0. The van der Waals surface area contributed by atoms with Crippen molar-refractivity contribution in [2.45, 2.75) is 71.8 Å². The third-order valence-electron chi connectivity index (χ3n) is 3.74. The molecule has 1 rings (SSSR count). The number of nitrogens with one attached hydrogen (secondary N) is 1. The molecule has 0 spiro atoms. The lowest BCUT2D eigenvalue weighted by atomic mass is 10.1. The molecule has 21 heavy (non-hydrogen) atoms. The maximum atomic E-state index is 5.76. The van der Waals surface area contributed by atoms with Crippen LogP contribution < -0.4 is 10.1 Å². The summed E-state index contributed by atoms with van der Waals surface area (Å²) in [7, 11) is 0. The predicted molar refractivity (Wildman–Crippen MR) is 89.8 cm³/mol. The number of ether oxygens (including phenoxy) is 1. The van der Waals surface area contributed by atoms with Crippen LogP contribution in [-0.4, -0.2) is 18.1 Å². The van der Waals surface area contributed by atoms with Crippen molar-refractivity contribution < 1.29 is 4.74 Å². The van der Waals surface area contributed by atoms with Crippen LogP contribution in [0.2, 0.25) is 0 Å². The van der Waals surface area contributed by atoms with Crippen molar-refractivity contribution in [3.05, 3.63) is 24.0 Å². The molecule has 0 saturated carbocycles. The number of rotatable bonds is 12. The van der Waals surface area contributed by atoms with Gasteiger partial charge in [-0.3, -0.25) is 4.98 Å². The summed E-state index contributed by atoms with van der Waals surface area (Å²) in [5.74, 6) is 0.888. The van der Waals surface area contributed by atoms with Gasteiger partial charge in [-0.2, -0.15) is 0 Å². The lowest BCUT2D eigenvalue weighted by Crippen LogP contribution is -2.20. The van der Waals surface area contributed by atoms with Gasteiger partial charge in [-0.15, -0.1) is 0 Å². The average molecular weight is 292 g/mol.